The summed E-state index contributed by atoms with van der Waals surface area (Å²) in [6.45, 7) is 0.594. The number of hydrogen-bond donors (Lipinski definition) is 2. The Morgan fingerprint density at radius 2 is 2.29 bits per heavy atom. The van der Waals surface area contributed by atoms with Crippen LogP contribution in [0.4, 0.5) is 5.82 Å². The van der Waals surface area contributed by atoms with Gasteiger partial charge in [-0.1, -0.05) is 6.07 Å². The molecule has 0 aliphatic rings. The van der Waals surface area contributed by atoms with E-state index < -0.39 is 5.97 Å². The van der Waals surface area contributed by atoms with Crippen LogP contribution in [0.25, 0.3) is 0 Å². The first-order chi connectivity index (χ1) is 10.2. The number of hydrogen-bond acceptors (Lipinski definition) is 5. The number of anilines is 1. The van der Waals surface area contributed by atoms with E-state index in [-0.39, 0.29) is 11.7 Å². The maximum absolute atomic E-state index is 10.9. The molecule has 6 heteroatoms. The van der Waals surface area contributed by atoms with Gasteiger partial charge in [0.1, 0.15) is 11.6 Å². The molecule has 1 unspecified atom stereocenters. The molecule has 6 nitrogen and oxygen atoms in total. The van der Waals surface area contributed by atoms with Crippen LogP contribution in [0.15, 0.2) is 41.0 Å². The highest BCUT2D eigenvalue weighted by molar-refractivity contribution is 5.85. The molecule has 112 valence electrons. The van der Waals surface area contributed by atoms with Crippen molar-refractivity contribution in [1.82, 2.24) is 4.98 Å². The maximum Gasteiger partial charge on any atom is 0.354 e. The predicted octanol–water partition coefficient (Wildman–Crippen LogP) is 2.43. The lowest BCUT2D eigenvalue weighted by atomic mass is 10.1. The third kappa shape index (κ3) is 4.61. The SMILES string of the molecule is COCCC(Cc1ccco1)Nc1cccc(C(=O)O)n1. The number of aromatic nitrogens is 1. The summed E-state index contributed by atoms with van der Waals surface area (Å²) in [4.78, 5) is 15.0. The molecule has 0 radical (unpaired) electrons. The summed E-state index contributed by atoms with van der Waals surface area (Å²) in [7, 11) is 1.65. The number of carbonyl (C=O) groups is 1. The van der Waals surface area contributed by atoms with Gasteiger partial charge in [-0.3, -0.25) is 0 Å². The van der Waals surface area contributed by atoms with Gasteiger partial charge >= 0.3 is 5.97 Å². The van der Waals surface area contributed by atoms with Crippen molar-refractivity contribution in [2.75, 3.05) is 19.0 Å². The molecule has 0 aromatic carbocycles. The molecule has 2 N–H and O–H groups in total. The van der Waals surface area contributed by atoms with Crippen LogP contribution in [0.5, 0.6) is 0 Å². The van der Waals surface area contributed by atoms with Crippen molar-refractivity contribution in [3.05, 3.63) is 48.0 Å². The minimum atomic E-state index is -1.04. The minimum absolute atomic E-state index is 0.0171. The zero-order valence-corrected chi connectivity index (χ0v) is 11.8. The van der Waals surface area contributed by atoms with E-state index in [0.717, 1.165) is 12.2 Å². The van der Waals surface area contributed by atoms with Crippen LogP contribution >= 0.6 is 0 Å². The van der Waals surface area contributed by atoms with Crippen molar-refractivity contribution in [1.29, 1.82) is 0 Å². The van der Waals surface area contributed by atoms with Crippen molar-refractivity contribution >= 4 is 11.8 Å². The topological polar surface area (TPSA) is 84.6 Å². The Morgan fingerprint density at radius 3 is 2.95 bits per heavy atom. The molecule has 0 aliphatic heterocycles. The Labute approximate surface area is 122 Å². The van der Waals surface area contributed by atoms with Crippen molar-refractivity contribution < 1.29 is 19.1 Å². The van der Waals surface area contributed by atoms with Crippen molar-refractivity contribution in [2.45, 2.75) is 18.9 Å². The molecule has 1 atom stereocenters. The first-order valence-corrected chi connectivity index (χ1v) is 6.67. The van der Waals surface area contributed by atoms with E-state index in [2.05, 4.69) is 10.3 Å². The van der Waals surface area contributed by atoms with Crippen LogP contribution in [-0.4, -0.2) is 35.8 Å². The number of nitrogens with one attached hydrogen (secondary N) is 1. The molecule has 2 aromatic heterocycles. The number of ether oxygens (including phenoxy) is 1. The molecule has 0 saturated heterocycles. The Morgan fingerprint density at radius 1 is 1.43 bits per heavy atom. The molecule has 2 rings (SSSR count). The zero-order valence-electron chi connectivity index (χ0n) is 11.8. The average Bonchev–Trinajstić information content (AvgIpc) is 2.98. The van der Waals surface area contributed by atoms with Gasteiger partial charge in [0.25, 0.3) is 0 Å². The van der Waals surface area contributed by atoms with Crippen LogP contribution in [0.1, 0.15) is 22.7 Å². The second kappa shape index (κ2) is 7.44. The monoisotopic (exact) mass is 290 g/mol. The summed E-state index contributed by atoms with van der Waals surface area (Å²) in [6.07, 6.45) is 3.07. The van der Waals surface area contributed by atoms with Gasteiger partial charge in [0, 0.05) is 26.2 Å². The van der Waals surface area contributed by atoms with E-state index in [1.807, 2.05) is 12.1 Å². The van der Waals surface area contributed by atoms with Crippen molar-refractivity contribution in [3.8, 4) is 0 Å². The molecule has 0 bridgehead atoms. The summed E-state index contributed by atoms with van der Waals surface area (Å²) in [5, 5.41) is 12.2. The number of pyridine rings is 1. The molecule has 0 amide bonds. The summed E-state index contributed by atoms with van der Waals surface area (Å²) in [5.74, 6) is 0.346. The Balaban J connectivity index is 2.06. The van der Waals surface area contributed by atoms with Crippen LogP contribution < -0.4 is 5.32 Å². The number of carboxylic acid groups (broad SMARTS) is 1. The largest absolute Gasteiger partial charge is 0.477 e. The van der Waals surface area contributed by atoms with Crippen LogP contribution in [0.2, 0.25) is 0 Å². The summed E-state index contributed by atoms with van der Waals surface area (Å²) in [6, 6.07) is 8.67. The van der Waals surface area contributed by atoms with E-state index in [4.69, 9.17) is 14.3 Å². The van der Waals surface area contributed by atoms with Crippen LogP contribution in [0, 0.1) is 0 Å². The van der Waals surface area contributed by atoms with E-state index in [1.54, 1.807) is 25.5 Å². The van der Waals surface area contributed by atoms with Gasteiger partial charge in [-0.05, 0) is 30.7 Å². The lowest BCUT2D eigenvalue weighted by molar-refractivity contribution is 0.0690. The van der Waals surface area contributed by atoms with Gasteiger partial charge in [-0.15, -0.1) is 0 Å². The predicted molar refractivity (Wildman–Crippen MR) is 77.5 cm³/mol. The molecular formula is C15H18N2O4. The first kappa shape index (κ1) is 15.1. The third-order valence-corrected chi connectivity index (χ3v) is 3.02. The van der Waals surface area contributed by atoms with Crippen LogP contribution in [0.3, 0.4) is 0 Å². The molecule has 21 heavy (non-hydrogen) atoms. The van der Waals surface area contributed by atoms with Gasteiger partial charge < -0.3 is 19.6 Å². The van der Waals surface area contributed by atoms with E-state index in [9.17, 15) is 4.79 Å². The van der Waals surface area contributed by atoms with Gasteiger partial charge in [0.05, 0.1) is 6.26 Å². The number of furan rings is 1. The Hall–Kier alpha value is -2.34. The average molecular weight is 290 g/mol. The first-order valence-electron chi connectivity index (χ1n) is 6.67. The fraction of sp³-hybridized carbons (Fsp3) is 0.333. The van der Waals surface area contributed by atoms with E-state index >= 15 is 0 Å². The van der Waals surface area contributed by atoms with Crippen molar-refractivity contribution in [2.24, 2.45) is 0 Å². The fourth-order valence-corrected chi connectivity index (χ4v) is 2.00. The molecule has 2 aromatic rings. The highest BCUT2D eigenvalue weighted by Gasteiger charge is 2.13. The van der Waals surface area contributed by atoms with E-state index in [1.165, 1.54) is 6.07 Å². The van der Waals surface area contributed by atoms with Crippen molar-refractivity contribution in [3.63, 3.8) is 0 Å². The lowest BCUT2D eigenvalue weighted by Crippen LogP contribution is -2.24. The second-order valence-corrected chi connectivity index (χ2v) is 4.62. The number of carboxylic acids is 1. The highest BCUT2D eigenvalue weighted by atomic mass is 16.5. The number of aromatic carboxylic acids is 1. The molecule has 0 aliphatic carbocycles. The van der Waals surface area contributed by atoms with Gasteiger partial charge in [-0.25, -0.2) is 9.78 Å². The second-order valence-electron chi connectivity index (χ2n) is 4.62. The molecule has 0 spiro atoms. The Kier molecular flexibility index (Phi) is 5.34. The Bertz CT molecular complexity index is 569. The lowest BCUT2D eigenvalue weighted by Gasteiger charge is -2.18. The quantitative estimate of drug-likeness (QED) is 0.776. The number of methoxy groups -OCH3 is 1. The molecule has 0 saturated carbocycles. The van der Waals surface area contributed by atoms with E-state index in [0.29, 0.717) is 18.8 Å². The summed E-state index contributed by atoms with van der Waals surface area (Å²) in [5.41, 5.74) is 0.0171. The number of rotatable bonds is 8. The summed E-state index contributed by atoms with van der Waals surface area (Å²) < 4.78 is 10.5. The molecule has 2 heterocycles. The molecule has 0 fully saturated rings. The third-order valence-electron chi connectivity index (χ3n) is 3.02. The van der Waals surface area contributed by atoms with Gasteiger partial charge in [-0.2, -0.15) is 0 Å². The summed E-state index contributed by atoms with van der Waals surface area (Å²) >= 11 is 0. The normalized spacial score (nSPS) is 12.0. The molecular weight excluding hydrogens is 272 g/mol. The maximum atomic E-state index is 10.9. The smallest absolute Gasteiger partial charge is 0.354 e. The fourth-order valence-electron chi connectivity index (χ4n) is 2.00. The minimum Gasteiger partial charge on any atom is -0.477 e. The van der Waals surface area contributed by atoms with Gasteiger partial charge in [0.2, 0.25) is 0 Å². The van der Waals surface area contributed by atoms with Gasteiger partial charge in [0.15, 0.2) is 5.69 Å². The van der Waals surface area contributed by atoms with Crippen LogP contribution in [-0.2, 0) is 11.2 Å². The standard InChI is InChI=1S/C15H18N2O4/c1-20-9-7-11(10-12-4-3-8-21-12)16-14-6-2-5-13(17-14)15(18)19/h2-6,8,11H,7,9-10H2,1H3,(H,16,17)(H,18,19). The highest BCUT2D eigenvalue weighted by Crippen LogP contribution is 2.13. The number of nitrogens with zero attached hydrogens (tertiary/aromatic N) is 1. The zero-order chi connectivity index (χ0) is 15.1.